The summed E-state index contributed by atoms with van der Waals surface area (Å²) >= 11 is 7.41. The number of aryl methyl sites for hydroxylation is 1. The van der Waals surface area contributed by atoms with Gasteiger partial charge < -0.3 is 4.74 Å². The molecule has 0 bridgehead atoms. The van der Waals surface area contributed by atoms with Crippen molar-refractivity contribution < 1.29 is 14.3 Å². The van der Waals surface area contributed by atoms with Crippen LogP contribution in [0.1, 0.15) is 26.3 Å². The van der Waals surface area contributed by atoms with E-state index in [1.165, 1.54) is 19.2 Å². The molecule has 2 aromatic carbocycles. The molecule has 0 spiro atoms. The summed E-state index contributed by atoms with van der Waals surface area (Å²) in [5.74, 6) is -0.546. The van der Waals surface area contributed by atoms with E-state index in [1.807, 2.05) is 25.3 Å². The fraction of sp³-hybridized carbons (Fsp3) is 0.176. The molecule has 0 aliphatic rings. The van der Waals surface area contributed by atoms with Gasteiger partial charge in [-0.15, -0.1) is 11.8 Å². The Labute approximate surface area is 149 Å². The van der Waals surface area contributed by atoms with E-state index in [9.17, 15) is 9.59 Å². The Morgan fingerprint density at radius 1 is 1.04 bits per heavy atom. The van der Waals surface area contributed by atoms with Gasteiger partial charge in [0, 0.05) is 15.5 Å². The van der Waals surface area contributed by atoms with Crippen molar-refractivity contribution in [2.24, 2.45) is 0 Å². The fourth-order valence-electron chi connectivity index (χ4n) is 2.07. The first-order valence-corrected chi connectivity index (χ1v) is 8.65. The van der Waals surface area contributed by atoms with Gasteiger partial charge in [0.15, 0.2) is 0 Å². The lowest BCUT2D eigenvalue weighted by Crippen LogP contribution is -2.42. The molecule has 0 atom stereocenters. The van der Waals surface area contributed by atoms with Gasteiger partial charge in [0.1, 0.15) is 5.75 Å². The number of hydrazine groups is 1. The third-order valence-electron chi connectivity index (χ3n) is 3.39. The van der Waals surface area contributed by atoms with E-state index in [0.29, 0.717) is 16.3 Å². The van der Waals surface area contributed by atoms with Gasteiger partial charge >= 0.3 is 0 Å². The van der Waals surface area contributed by atoms with Crippen molar-refractivity contribution in [1.29, 1.82) is 0 Å². The van der Waals surface area contributed by atoms with E-state index in [2.05, 4.69) is 10.9 Å². The predicted molar refractivity (Wildman–Crippen MR) is 95.9 cm³/mol. The Kier molecular flexibility index (Phi) is 6.11. The third kappa shape index (κ3) is 4.21. The average Bonchev–Trinajstić information content (AvgIpc) is 2.59. The lowest BCUT2D eigenvalue weighted by molar-refractivity contribution is 0.0844. The zero-order valence-electron chi connectivity index (χ0n) is 13.5. The zero-order chi connectivity index (χ0) is 17.7. The maximum Gasteiger partial charge on any atom is 0.273 e. The van der Waals surface area contributed by atoms with Crippen molar-refractivity contribution >= 4 is 35.2 Å². The molecule has 0 fully saturated rings. The van der Waals surface area contributed by atoms with Crippen LogP contribution in [-0.2, 0) is 0 Å². The molecule has 0 radical (unpaired) electrons. The Balaban J connectivity index is 2.10. The molecule has 2 amide bonds. The summed E-state index contributed by atoms with van der Waals surface area (Å²) in [5, 5.41) is 0.456. The van der Waals surface area contributed by atoms with Crippen molar-refractivity contribution in [1.82, 2.24) is 10.9 Å². The summed E-state index contributed by atoms with van der Waals surface area (Å²) in [5.41, 5.74) is 6.41. The fourth-order valence-corrected chi connectivity index (χ4v) is 2.68. The van der Waals surface area contributed by atoms with Crippen LogP contribution in [0.25, 0.3) is 0 Å². The summed E-state index contributed by atoms with van der Waals surface area (Å²) < 4.78 is 5.13. The van der Waals surface area contributed by atoms with Gasteiger partial charge in [-0.3, -0.25) is 20.4 Å². The maximum absolute atomic E-state index is 12.3. The van der Waals surface area contributed by atoms with Crippen LogP contribution in [0.3, 0.4) is 0 Å². The molecule has 0 unspecified atom stereocenters. The number of benzene rings is 2. The number of hydrogen-bond donors (Lipinski definition) is 2. The van der Waals surface area contributed by atoms with Crippen molar-refractivity contribution in [3.63, 3.8) is 0 Å². The molecule has 0 heterocycles. The number of methoxy groups -OCH3 is 1. The normalized spacial score (nSPS) is 10.2. The van der Waals surface area contributed by atoms with Crippen LogP contribution >= 0.6 is 23.4 Å². The summed E-state index contributed by atoms with van der Waals surface area (Å²) in [4.78, 5) is 25.5. The van der Waals surface area contributed by atoms with Gasteiger partial charge in [-0.2, -0.15) is 0 Å². The second-order valence-electron chi connectivity index (χ2n) is 4.93. The molecule has 0 aliphatic carbocycles. The van der Waals surface area contributed by atoms with Crippen molar-refractivity contribution in [2.45, 2.75) is 11.8 Å². The molecule has 5 nitrogen and oxygen atoms in total. The van der Waals surface area contributed by atoms with Gasteiger partial charge in [0.05, 0.1) is 12.7 Å². The van der Waals surface area contributed by atoms with Crippen LogP contribution in [0.5, 0.6) is 5.75 Å². The molecular weight excluding hydrogens is 348 g/mol. The Morgan fingerprint density at radius 3 is 2.33 bits per heavy atom. The number of nitrogens with one attached hydrogen (secondary N) is 2. The Morgan fingerprint density at radius 2 is 1.71 bits per heavy atom. The van der Waals surface area contributed by atoms with Crippen molar-refractivity contribution in [2.75, 3.05) is 13.4 Å². The maximum atomic E-state index is 12.3. The summed E-state index contributed by atoms with van der Waals surface area (Å²) in [6.45, 7) is 1.84. The van der Waals surface area contributed by atoms with E-state index < -0.39 is 5.91 Å². The molecule has 2 N–H and O–H groups in total. The lowest BCUT2D eigenvalue weighted by Gasteiger charge is -2.12. The van der Waals surface area contributed by atoms with Crippen LogP contribution < -0.4 is 15.6 Å². The van der Waals surface area contributed by atoms with Crippen molar-refractivity contribution in [3.05, 3.63) is 58.1 Å². The number of halogens is 1. The molecule has 0 saturated heterocycles. The SMILES string of the molecule is COc1cc(Cl)ccc1C(=O)NNC(=O)c1cc(SC)ccc1C. The number of thioether (sulfide) groups is 1. The van der Waals surface area contributed by atoms with Gasteiger partial charge in [0.25, 0.3) is 11.8 Å². The number of ether oxygens (including phenoxy) is 1. The molecule has 2 aromatic rings. The minimum atomic E-state index is -0.490. The van der Waals surface area contributed by atoms with Crippen LogP contribution in [-0.4, -0.2) is 25.2 Å². The first-order valence-electron chi connectivity index (χ1n) is 7.05. The van der Waals surface area contributed by atoms with Crippen LogP contribution in [0.15, 0.2) is 41.3 Å². The largest absolute Gasteiger partial charge is 0.496 e. The number of rotatable bonds is 4. The van der Waals surface area contributed by atoms with Crippen LogP contribution in [0.4, 0.5) is 0 Å². The second-order valence-corrected chi connectivity index (χ2v) is 6.25. The van der Waals surface area contributed by atoms with Gasteiger partial charge in [-0.1, -0.05) is 17.7 Å². The molecule has 2 rings (SSSR count). The Hall–Kier alpha value is -2.18. The summed E-state index contributed by atoms with van der Waals surface area (Å²) in [7, 11) is 1.44. The second kappa shape index (κ2) is 8.08. The van der Waals surface area contributed by atoms with E-state index in [1.54, 1.807) is 23.9 Å². The molecule has 126 valence electrons. The minimum absolute atomic E-state index is 0.275. The highest BCUT2D eigenvalue weighted by atomic mass is 35.5. The lowest BCUT2D eigenvalue weighted by atomic mass is 10.1. The standard InChI is InChI=1S/C17H17ClN2O3S/c1-10-4-6-12(24-3)9-14(10)17(22)20-19-16(21)13-7-5-11(18)8-15(13)23-2/h4-9H,1-3H3,(H,19,21)(H,20,22). The molecule has 24 heavy (non-hydrogen) atoms. The summed E-state index contributed by atoms with van der Waals surface area (Å²) in [6, 6.07) is 10.2. The molecular formula is C17H17ClN2O3S. The Bertz CT molecular complexity index is 780. The van der Waals surface area contributed by atoms with Gasteiger partial charge in [-0.05, 0) is 49.1 Å². The van der Waals surface area contributed by atoms with E-state index in [4.69, 9.17) is 16.3 Å². The first-order chi connectivity index (χ1) is 11.5. The predicted octanol–water partition coefficient (Wildman–Crippen LogP) is 3.45. The highest BCUT2D eigenvalue weighted by molar-refractivity contribution is 7.98. The van der Waals surface area contributed by atoms with Gasteiger partial charge in [-0.25, -0.2) is 0 Å². The van der Waals surface area contributed by atoms with Crippen LogP contribution in [0.2, 0.25) is 5.02 Å². The van der Waals surface area contributed by atoms with Crippen molar-refractivity contribution in [3.8, 4) is 5.75 Å². The van der Waals surface area contributed by atoms with E-state index in [-0.39, 0.29) is 11.5 Å². The summed E-state index contributed by atoms with van der Waals surface area (Å²) in [6.07, 6.45) is 1.93. The quantitative estimate of drug-likeness (QED) is 0.644. The monoisotopic (exact) mass is 364 g/mol. The first kappa shape index (κ1) is 18.2. The number of hydrogen-bond acceptors (Lipinski definition) is 4. The topological polar surface area (TPSA) is 67.4 Å². The molecule has 0 aliphatic heterocycles. The van der Waals surface area contributed by atoms with Crippen LogP contribution in [0, 0.1) is 6.92 Å². The molecule has 7 heteroatoms. The highest BCUT2D eigenvalue weighted by Gasteiger charge is 2.15. The number of carbonyl (C=O) groups excluding carboxylic acids is 2. The number of amides is 2. The van der Waals surface area contributed by atoms with E-state index >= 15 is 0 Å². The average molecular weight is 365 g/mol. The highest BCUT2D eigenvalue weighted by Crippen LogP contribution is 2.23. The number of carbonyl (C=O) groups is 2. The van der Waals surface area contributed by atoms with E-state index in [0.717, 1.165) is 10.5 Å². The third-order valence-corrected chi connectivity index (χ3v) is 4.35. The van der Waals surface area contributed by atoms with Gasteiger partial charge in [0.2, 0.25) is 0 Å². The smallest absolute Gasteiger partial charge is 0.273 e. The molecule has 0 aromatic heterocycles. The molecule has 0 saturated carbocycles. The minimum Gasteiger partial charge on any atom is -0.496 e. The zero-order valence-corrected chi connectivity index (χ0v) is 15.0.